The number of aryl methyl sites for hydroxylation is 2. The number of aromatic nitrogens is 2. The Morgan fingerprint density at radius 1 is 1.11 bits per heavy atom. The van der Waals surface area contributed by atoms with Crippen molar-refractivity contribution in [1.29, 1.82) is 0 Å². The highest BCUT2D eigenvalue weighted by Gasteiger charge is 2.33. The van der Waals surface area contributed by atoms with Gasteiger partial charge in [0.05, 0.1) is 26.9 Å². The molecule has 194 valence electrons. The Morgan fingerprint density at radius 3 is 2.72 bits per heavy atom. The van der Waals surface area contributed by atoms with Gasteiger partial charge < -0.3 is 28.6 Å². The van der Waals surface area contributed by atoms with E-state index in [4.69, 9.17) is 18.9 Å². The lowest BCUT2D eigenvalue weighted by Gasteiger charge is -2.30. The normalized spacial score (nSPS) is 18.6. The molecule has 2 heterocycles. The summed E-state index contributed by atoms with van der Waals surface area (Å²) >= 11 is 0. The Labute approximate surface area is 213 Å². The zero-order chi connectivity index (χ0) is 25.4. The van der Waals surface area contributed by atoms with E-state index in [1.54, 1.807) is 7.11 Å². The van der Waals surface area contributed by atoms with Gasteiger partial charge in [0.25, 0.3) is 0 Å². The van der Waals surface area contributed by atoms with Gasteiger partial charge in [-0.1, -0.05) is 30.7 Å². The molecule has 2 aromatic carbocycles. The second kappa shape index (κ2) is 12.3. The number of nitrogens with zero attached hydrogens (tertiary/aromatic N) is 3. The van der Waals surface area contributed by atoms with Crippen molar-refractivity contribution < 1.29 is 24.1 Å². The third-order valence-electron chi connectivity index (χ3n) is 6.31. The predicted octanol–water partition coefficient (Wildman–Crippen LogP) is 3.48. The van der Waals surface area contributed by atoms with Crippen LogP contribution in [0.25, 0.3) is 0 Å². The third-order valence-corrected chi connectivity index (χ3v) is 6.31. The topological polar surface area (TPSA) is 78.2 Å². The molecule has 1 aromatic heterocycles. The highest BCUT2D eigenvalue weighted by atomic mass is 16.5. The van der Waals surface area contributed by atoms with Crippen LogP contribution in [0.15, 0.2) is 54.9 Å². The maximum Gasteiger partial charge on any atom is 0.161 e. The average Bonchev–Trinajstić information content (AvgIpc) is 3.26. The minimum absolute atomic E-state index is 0.166. The molecule has 36 heavy (non-hydrogen) atoms. The second-order valence-corrected chi connectivity index (χ2v) is 9.31. The molecule has 1 aliphatic heterocycles. The van der Waals surface area contributed by atoms with Gasteiger partial charge in [0.1, 0.15) is 30.4 Å². The van der Waals surface area contributed by atoms with Gasteiger partial charge in [-0.2, -0.15) is 0 Å². The van der Waals surface area contributed by atoms with Crippen LogP contribution in [0.2, 0.25) is 0 Å². The summed E-state index contributed by atoms with van der Waals surface area (Å²) in [6, 6.07) is 13.8. The maximum atomic E-state index is 11.2. The van der Waals surface area contributed by atoms with Crippen molar-refractivity contribution in [3.05, 3.63) is 71.8 Å². The Bertz CT molecular complexity index is 1100. The van der Waals surface area contributed by atoms with Crippen LogP contribution < -0.4 is 14.2 Å². The van der Waals surface area contributed by atoms with Crippen LogP contribution in [0.4, 0.5) is 0 Å². The number of ether oxygens (including phenoxy) is 4. The summed E-state index contributed by atoms with van der Waals surface area (Å²) in [5.41, 5.74) is 1.14. The largest absolute Gasteiger partial charge is 0.493 e. The number of hydrogen-bond acceptors (Lipinski definition) is 7. The fourth-order valence-electron chi connectivity index (χ4n) is 4.37. The van der Waals surface area contributed by atoms with Gasteiger partial charge in [-0.25, -0.2) is 4.98 Å². The Balaban J connectivity index is 1.34. The number of hydrogen-bond donors (Lipinski definition) is 1. The Morgan fingerprint density at radius 2 is 1.94 bits per heavy atom. The van der Waals surface area contributed by atoms with Crippen LogP contribution in [0.1, 0.15) is 23.9 Å². The van der Waals surface area contributed by atoms with Crippen molar-refractivity contribution in [2.75, 3.05) is 46.6 Å². The first-order chi connectivity index (χ1) is 17.5. The van der Waals surface area contributed by atoms with E-state index in [9.17, 15) is 5.11 Å². The molecule has 1 unspecified atom stereocenters. The first-order valence-corrected chi connectivity index (χ1v) is 12.5. The fraction of sp³-hybridized carbons (Fsp3) is 0.464. The monoisotopic (exact) mass is 495 g/mol. The summed E-state index contributed by atoms with van der Waals surface area (Å²) in [6.07, 6.45) is 4.68. The van der Waals surface area contributed by atoms with E-state index >= 15 is 0 Å². The number of methoxy groups -OCH3 is 1. The molecule has 0 radical (unpaired) electrons. The Kier molecular flexibility index (Phi) is 8.85. The van der Waals surface area contributed by atoms with E-state index < -0.39 is 5.60 Å². The first kappa shape index (κ1) is 26.0. The molecule has 1 atom stereocenters. The van der Waals surface area contributed by atoms with Crippen molar-refractivity contribution in [2.24, 2.45) is 0 Å². The third kappa shape index (κ3) is 7.00. The molecule has 0 amide bonds. The van der Waals surface area contributed by atoms with Gasteiger partial charge in [0.2, 0.25) is 0 Å². The average molecular weight is 496 g/mol. The van der Waals surface area contributed by atoms with Gasteiger partial charge >= 0.3 is 0 Å². The molecule has 8 heteroatoms. The summed E-state index contributed by atoms with van der Waals surface area (Å²) in [7, 11) is 1.65. The molecule has 8 nitrogen and oxygen atoms in total. The van der Waals surface area contributed by atoms with Crippen LogP contribution in [0.3, 0.4) is 0 Å². The van der Waals surface area contributed by atoms with Crippen LogP contribution in [0.5, 0.6) is 17.2 Å². The number of rotatable bonds is 11. The van der Waals surface area contributed by atoms with Crippen molar-refractivity contribution in [1.82, 2.24) is 14.5 Å². The zero-order valence-electron chi connectivity index (χ0n) is 21.5. The Hall–Kier alpha value is -3.07. The molecule has 1 aliphatic rings. The summed E-state index contributed by atoms with van der Waals surface area (Å²) in [5.74, 6) is 3.19. The summed E-state index contributed by atoms with van der Waals surface area (Å²) < 4.78 is 25.3. The van der Waals surface area contributed by atoms with Gasteiger partial charge in [0, 0.05) is 38.4 Å². The van der Waals surface area contributed by atoms with Crippen LogP contribution in [-0.2, 0) is 24.2 Å². The number of aliphatic hydroxyl groups is 1. The van der Waals surface area contributed by atoms with Crippen molar-refractivity contribution >= 4 is 0 Å². The van der Waals surface area contributed by atoms with Gasteiger partial charge in [-0.15, -0.1) is 0 Å². The quantitative estimate of drug-likeness (QED) is 0.436. The van der Waals surface area contributed by atoms with E-state index in [0.717, 1.165) is 36.6 Å². The van der Waals surface area contributed by atoms with Crippen LogP contribution >= 0.6 is 0 Å². The lowest BCUT2D eigenvalue weighted by Crippen LogP contribution is -2.48. The molecule has 1 saturated heterocycles. The summed E-state index contributed by atoms with van der Waals surface area (Å²) in [6.45, 7) is 8.16. The first-order valence-electron chi connectivity index (χ1n) is 12.5. The van der Waals surface area contributed by atoms with E-state index in [1.807, 2.05) is 61.8 Å². The summed E-state index contributed by atoms with van der Waals surface area (Å²) in [4.78, 5) is 6.54. The predicted molar refractivity (Wildman–Crippen MR) is 138 cm³/mol. The molecule has 1 fully saturated rings. The van der Waals surface area contributed by atoms with Gasteiger partial charge in [-0.3, -0.25) is 4.90 Å². The standard InChI is InChI=1S/C28H37N3O5/c1-4-27-29-11-12-31(27)14-16-35-25-10-7-23(17-26(25)33-3)18-30-13-15-34-20-28(32,19-30)21-36-24-8-5-22(2)6-9-24/h5-12,17,32H,4,13-16,18-21H2,1-3H3. The molecule has 4 rings (SSSR count). The van der Waals surface area contributed by atoms with Gasteiger partial charge in [-0.05, 0) is 36.8 Å². The molecular weight excluding hydrogens is 458 g/mol. The van der Waals surface area contributed by atoms with Gasteiger partial charge in [0.15, 0.2) is 11.5 Å². The molecule has 0 aliphatic carbocycles. The number of β-amino-alcohol motifs (C(OH)–C–C–N with tert-alkyl or cyclic N) is 1. The minimum atomic E-state index is -1.10. The highest BCUT2D eigenvalue weighted by Crippen LogP contribution is 2.29. The molecule has 1 N–H and O–H groups in total. The maximum absolute atomic E-state index is 11.2. The SMILES string of the molecule is CCc1nccn1CCOc1ccc(CN2CCOCC(O)(COc3ccc(C)cc3)C2)cc1OC. The zero-order valence-corrected chi connectivity index (χ0v) is 21.5. The highest BCUT2D eigenvalue weighted by molar-refractivity contribution is 5.43. The van der Waals surface area contributed by atoms with E-state index in [-0.39, 0.29) is 13.2 Å². The second-order valence-electron chi connectivity index (χ2n) is 9.31. The van der Waals surface area contributed by atoms with Crippen molar-refractivity contribution in [3.8, 4) is 17.2 Å². The molecule has 0 bridgehead atoms. The van der Waals surface area contributed by atoms with Crippen LogP contribution in [-0.4, -0.2) is 71.8 Å². The lowest BCUT2D eigenvalue weighted by atomic mass is 10.1. The molecule has 0 saturated carbocycles. The number of benzene rings is 2. The lowest BCUT2D eigenvalue weighted by molar-refractivity contribution is -0.0646. The molecular formula is C28H37N3O5. The van der Waals surface area contributed by atoms with Crippen LogP contribution in [0, 0.1) is 6.92 Å². The van der Waals surface area contributed by atoms with Crippen molar-refractivity contribution in [3.63, 3.8) is 0 Å². The van der Waals surface area contributed by atoms with Crippen molar-refractivity contribution in [2.45, 2.75) is 39.0 Å². The number of imidazole rings is 1. The van der Waals surface area contributed by atoms with E-state index in [2.05, 4.69) is 21.4 Å². The fourth-order valence-corrected chi connectivity index (χ4v) is 4.37. The van der Waals surface area contributed by atoms with E-state index in [0.29, 0.717) is 37.8 Å². The molecule has 3 aromatic rings. The molecule has 0 spiro atoms. The minimum Gasteiger partial charge on any atom is -0.493 e. The van der Waals surface area contributed by atoms with E-state index in [1.165, 1.54) is 5.56 Å². The smallest absolute Gasteiger partial charge is 0.161 e. The summed E-state index contributed by atoms with van der Waals surface area (Å²) in [5, 5.41) is 11.2.